The van der Waals surface area contributed by atoms with E-state index < -0.39 is 20.8 Å². The maximum absolute atomic E-state index is 12.8. The summed E-state index contributed by atoms with van der Waals surface area (Å²) in [5.41, 5.74) is 3.24. The molecule has 1 N–H and O–H groups in total. The molecule has 384 valence electrons. The fraction of sp³-hybridized carbons (Fsp3) is 0.500. The summed E-state index contributed by atoms with van der Waals surface area (Å²) in [4.78, 5) is 43.7. The molecule has 0 saturated carbocycles. The highest BCUT2D eigenvalue weighted by atomic mass is 35.5. The van der Waals surface area contributed by atoms with Gasteiger partial charge in [0.1, 0.15) is 16.5 Å². The average molecular weight is 1030 g/mol. The van der Waals surface area contributed by atoms with Crippen molar-refractivity contribution in [1.82, 2.24) is 24.3 Å². The number of carbonyl (C=O) groups is 1. The Bertz CT molecular complexity index is 2360. The van der Waals surface area contributed by atoms with Crippen LogP contribution in [0.4, 0.5) is 27.1 Å². The van der Waals surface area contributed by atoms with E-state index in [9.17, 15) is 37.8 Å². The summed E-state index contributed by atoms with van der Waals surface area (Å²) in [5.74, 6) is -0.487. The summed E-state index contributed by atoms with van der Waals surface area (Å²) in [7, 11) is 10.4. The van der Waals surface area contributed by atoms with E-state index in [1.807, 2.05) is 24.3 Å². The van der Waals surface area contributed by atoms with Gasteiger partial charge in [-0.3, -0.25) is 25.0 Å². The fourth-order valence-electron chi connectivity index (χ4n) is 8.35. The second-order valence-corrected chi connectivity index (χ2v) is 21.1. The molecule has 70 heavy (non-hydrogen) atoms. The van der Waals surface area contributed by atoms with Gasteiger partial charge in [0, 0.05) is 106 Å². The van der Waals surface area contributed by atoms with Crippen molar-refractivity contribution in [3.63, 3.8) is 0 Å². The number of nitro benzene ring substituents is 2. The molecule has 3 saturated heterocycles. The Morgan fingerprint density at radius 3 is 1.49 bits per heavy atom. The Hall–Kier alpha value is -4.79. The first-order valence-corrected chi connectivity index (χ1v) is 25.7. The quantitative estimate of drug-likeness (QED) is 0.0944. The van der Waals surface area contributed by atoms with Gasteiger partial charge in [0.2, 0.25) is 10.0 Å². The molecule has 0 bridgehead atoms. The van der Waals surface area contributed by atoms with E-state index in [1.54, 1.807) is 12.1 Å². The molecule has 3 fully saturated rings. The zero-order chi connectivity index (χ0) is 51.5. The molecule has 0 spiro atoms. The molecule has 3 heterocycles. The molecule has 0 aromatic heterocycles. The second-order valence-electron chi connectivity index (χ2n) is 18.3. The van der Waals surface area contributed by atoms with Crippen molar-refractivity contribution in [1.29, 1.82) is 0 Å². The standard InChI is InChI=1S/C24H31Cl2N3O3S.C13H19N3O2.C7H16N2.C6H4FNO2/c1-27(2)19-11-15-29(16-12-19)20-9-7-18(8-10-20)17-21(30)13-14-28(3)33(31,32)23-6-4-5-22(25)24(23)26;1-14(2)11-7-9-15(10-8-11)12-3-5-13(6-4-12)16(17)18;1-9(2)7-3-5-8-6-4-7;7-5-1-3-6(4-2-5)8(9)10/h4-10,19H,11-17H2,1-3H3;3-6,11H,7-10H2,1-2H3;7-8H,3-6H2,1-2H3;1-4H. The molecule has 0 amide bonds. The molecule has 16 nitrogen and oxygen atoms in total. The van der Waals surface area contributed by atoms with Crippen LogP contribution in [-0.2, 0) is 21.2 Å². The zero-order valence-electron chi connectivity index (χ0n) is 41.5. The highest BCUT2D eigenvalue weighted by Crippen LogP contribution is 2.31. The fourth-order valence-corrected chi connectivity index (χ4v) is 10.2. The number of halogens is 3. The van der Waals surface area contributed by atoms with Gasteiger partial charge in [-0.15, -0.1) is 0 Å². The number of ketones is 1. The van der Waals surface area contributed by atoms with Crippen molar-refractivity contribution in [2.45, 2.75) is 74.4 Å². The highest BCUT2D eigenvalue weighted by Gasteiger charge is 2.26. The average Bonchev–Trinajstić information content (AvgIpc) is 3.35. The summed E-state index contributed by atoms with van der Waals surface area (Å²) in [6, 6.07) is 25.9. The first-order valence-electron chi connectivity index (χ1n) is 23.5. The number of nitro groups is 2. The largest absolute Gasteiger partial charge is 0.371 e. The lowest BCUT2D eigenvalue weighted by atomic mass is 10.0. The van der Waals surface area contributed by atoms with Gasteiger partial charge in [0.15, 0.2) is 0 Å². The van der Waals surface area contributed by atoms with E-state index in [0.717, 1.165) is 97.7 Å². The van der Waals surface area contributed by atoms with E-state index in [4.69, 9.17) is 23.2 Å². The molecular weight excluding hydrogens is 961 g/mol. The Balaban J connectivity index is 0.000000237. The van der Waals surface area contributed by atoms with Gasteiger partial charge in [-0.2, -0.15) is 0 Å². The smallest absolute Gasteiger partial charge is 0.269 e. The number of anilines is 2. The van der Waals surface area contributed by atoms with Crippen molar-refractivity contribution >= 4 is 61.8 Å². The summed E-state index contributed by atoms with van der Waals surface area (Å²) in [5, 5.41) is 24.1. The van der Waals surface area contributed by atoms with Crippen LogP contribution in [-0.4, -0.2) is 156 Å². The van der Waals surface area contributed by atoms with Gasteiger partial charge < -0.3 is 29.8 Å². The van der Waals surface area contributed by atoms with E-state index in [-0.39, 0.29) is 56.4 Å². The van der Waals surface area contributed by atoms with Crippen LogP contribution < -0.4 is 15.1 Å². The number of sulfonamides is 1. The zero-order valence-corrected chi connectivity index (χ0v) is 43.8. The molecule has 0 unspecified atom stereocenters. The second kappa shape index (κ2) is 28.3. The maximum Gasteiger partial charge on any atom is 0.269 e. The minimum absolute atomic E-state index is 0.0108. The molecule has 7 rings (SSSR count). The maximum atomic E-state index is 12.8. The van der Waals surface area contributed by atoms with Gasteiger partial charge in [-0.1, -0.05) is 41.4 Å². The van der Waals surface area contributed by atoms with Crippen LogP contribution in [0, 0.1) is 26.0 Å². The molecule has 3 aliphatic rings. The predicted octanol–water partition coefficient (Wildman–Crippen LogP) is 8.51. The molecule has 3 aliphatic heterocycles. The normalized spacial score (nSPS) is 16.0. The lowest BCUT2D eigenvalue weighted by Gasteiger charge is -2.36. The van der Waals surface area contributed by atoms with Gasteiger partial charge >= 0.3 is 0 Å². The molecule has 20 heteroatoms. The number of benzene rings is 4. The molecular formula is C50H70Cl2FN9O7S. The lowest BCUT2D eigenvalue weighted by molar-refractivity contribution is -0.385. The van der Waals surface area contributed by atoms with Gasteiger partial charge in [-0.05, 0) is 148 Å². The number of carbonyl (C=O) groups excluding carboxylic acids is 1. The van der Waals surface area contributed by atoms with Crippen molar-refractivity contribution in [3.05, 3.63) is 133 Å². The van der Waals surface area contributed by atoms with Crippen LogP contribution in [0.2, 0.25) is 10.0 Å². The van der Waals surface area contributed by atoms with Gasteiger partial charge in [0.05, 0.1) is 19.9 Å². The Morgan fingerprint density at radius 1 is 0.657 bits per heavy atom. The highest BCUT2D eigenvalue weighted by molar-refractivity contribution is 7.89. The van der Waals surface area contributed by atoms with E-state index in [2.05, 4.69) is 84.2 Å². The van der Waals surface area contributed by atoms with Crippen LogP contribution in [0.15, 0.2) is 95.9 Å². The number of Topliss-reactive ketones (excluding diaryl/α,β-unsaturated/α-hetero) is 1. The third-order valence-electron chi connectivity index (χ3n) is 12.9. The van der Waals surface area contributed by atoms with Crippen molar-refractivity contribution < 1.29 is 27.4 Å². The first kappa shape index (κ1) is 57.8. The molecule has 4 aromatic carbocycles. The molecule has 4 aromatic rings. The molecule has 0 aliphatic carbocycles. The van der Waals surface area contributed by atoms with Crippen LogP contribution in [0.3, 0.4) is 0 Å². The van der Waals surface area contributed by atoms with Crippen LogP contribution >= 0.6 is 23.2 Å². The van der Waals surface area contributed by atoms with E-state index >= 15 is 0 Å². The minimum Gasteiger partial charge on any atom is -0.371 e. The summed E-state index contributed by atoms with van der Waals surface area (Å²) >= 11 is 12.0. The SMILES string of the molecule is CN(C)C1CCN(c2ccc(CC(=O)CCN(C)S(=O)(=O)c3cccc(Cl)c3Cl)cc2)CC1.CN(C)C1CCN(c2ccc([N+](=O)[O-])cc2)CC1.CN(C)C1CCNCC1.O=[N+]([O-])c1ccc(F)cc1. The topological polar surface area (TPSA) is 169 Å². The number of rotatable bonds is 14. The summed E-state index contributed by atoms with van der Waals surface area (Å²) in [6.45, 7) is 6.55. The summed E-state index contributed by atoms with van der Waals surface area (Å²) in [6.07, 6.45) is 7.59. The molecule has 0 radical (unpaired) electrons. The van der Waals surface area contributed by atoms with E-state index in [1.165, 1.54) is 56.9 Å². The Kier molecular flexibility index (Phi) is 23.4. The van der Waals surface area contributed by atoms with Gasteiger partial charge in [0.25, 0.3) is 11.4 Å². The molecule has 0 atom stereocenters. The van der Waals surface area contributed by atoms with Crippen LogP contribution in [0.5, 0.6) is 0 Å². The predicted molar refractivity (Wildman–Crippen MR) is 280 cm³/mol. The van der Waals surface area contributed by atoms with Gasteiger partial charge in [-0.25, -0.2) is 17.1 Å². The third kappa shape index (κ3) is 18.1. The Morgan fingerprint density at radius 2 is 1.07 bits per heavy atom. The number of hydrogen-bond acceptors (Lipinski definition) is 13. The third-order valence-corrected chi connectivity index (χ3v) is 15.7. The van der Waals surface area contributed by atoms with Crippen molar-refractivity contribution in [2.75, 3.05) is 105 Å². The van der Waals surface area contributed by atoms with E-state index in [0.29, 0.717) is 12.1 Å². The van der Waals surface area contributed by atoms with Crippen molar-refractivity contribution in [3.8, 4) is 0 Å². The van der Waals surface area contributed by atoms with Crippen molar-refractivity contribution in [2.24, 2.45) is 0 Å². The summed E-state index contributed by atoms with van der Waals surface area (Å²) < 4.78 is 38.8. The minimum atomic E-state index is -3.83. The van der Waals surface area contributed by atoms with Crippen LogP contribution in [0.25, 0.3) is 0 Å². The Labute approximate surface area is 423 Å². The van der Waals surface area contributed by atoms with Crippen LogP contribution in [0.1, 0.15) is 50.5 Å². The number of nitrogens with zero attached hydrogens (tertiary/aromatic N) is 8. The first-order chi connectivity index (χ1) is 33.2. The monoisotopic (exact) mass is 1030 g/mol. The number of nitrogens with one attached hydrogen (secondary N) is 1. The lowest BCUT2D eigenvalue weighted by Crippen LogP contribution is -2.41. The number of non-ortho nitro benzene ring substituents is 2. The number of hydrogen-bond donors (Lipinski definition) is 1. The number of piperidine rings is 3.